The summed E-state index contributed by atoms with van der Waals surface area (Å²) >= 11 is 0. The molecule has 2 heterocycles. The van der Waals surface area contributed by atoms with Gasteiger partial charge in [0.2, 0.25) is 0 Å². The number of aliphatic hydroxyl groups excluding tert-OH is 1. The van der Waals surface area contributed by atoms with Crippen molar-refractivity contribution in [1.82, 2.24) is 9.88 Å². The van der Waals surface area contributed by atoms with Gasteiger partial charge in [-0.3, -0.25) is 4.98 Å². The minimum absolute atomic E-state index is 0.416. The summed E-state index contributed by atoms with van der Waals surface area (Å²) in [5.41, 5.74) is 5.11. The Morgan fingerprint density at radius 3 is 2.63 bits per heavy atom. The minimum atomic E-state index is -0.416. The highest BCUT2D eigenvalue weighted by atomic mass is 16.3. The number of aryl methyl sites for hydroxylation is 2. The van der Waals surface area contributed by atoms with Gasteiger partial charge in [-0.25, -0.2) is 0 Å². The van der Waals surface area contributed by atoms with E-state index in [4.69, 9.17) is 0 Å². The largest absolute Gasteiger partial charge is 0.387 e. The lowest BCUT2D eigenvalue weighted by atomic mass is 9.84. The second kappa shape index (κ2) is 8.12. The van der Waals surface area contributed by atoms with Crippen molar-refractivity contribution in [2.24, 2.45) is 5.92 Å². The number of rotatable bonds is 3. The van der Waals surface area contributed by atoms with Crippen LogP contribution in [0.1, 0.15) is 67.0 Å². The molecule has 3 unspecified atom stereocenters. The van der Waals surface area contributed by atoms with Crippen LogP contribution in [0.4, 0.5) is 0 Å². The van der Waals surface area contributed by atoms with Crippen LogP contribution in [0.5, 0.6) is 0 Å². The summed E-state index contributed by atoms with van der Waals surface area (Å²) in [6.07, 6.45) is 6.90. The zero-order chi connectivity index (χ0) is 18.8. The average Bonchev–Trinajstić information content (AvgIpc) is 2.87. The van der Waals surface area contributed by atoms with E-state index >= 15 is 0 Å². The molecule has 1 aliphatic heterocycles. The second-order valence-corrected chi connectivity index (χ2v) is 8.51. The Balaban J connectivity index is 1.38. The third-order valence-corrected chi connectivity index (χ3v) is 6.97. The molecule has 2 aromatic rings. The number of hydrogen-bond acceptors (Lipinski definition) is 3. The number of piperidine rings is 1. The molecule has 27 heavy (non-hydrogen) atoms. The lowest BCUT2D eigenvalue weighted by molar-refractivity contribution is 0.0765. The number of fused-ring (bicyclic) bond motifs is 1. The predicted octanol–water partition coefficient (Wildman–Crippen LogP) is 4.64. The van der Waals surface area contributed by atoms with Gasteiger partial charge in [0.1, 0.15) is 0 Å². The number of hydrogen-bond donors (Lipinski definition) is 1. The molecule has 1 saturated heterocycles. The first-order valence-electron chi connectivity index (χ1n) is 10.5. The molecule has 4 rings (SSSR count). The van der Waals surface area contributed by atoms with E-state index in [-0.39, 0.29) is 0 Å². The van der Waals surface area contributed by atoms with E-state index in [1.54, 1.807) is 0 Å². The predicted molar refractivity (Wildman–Crippen MR) is 110 cm³/mol. The van der Waals surface area contributed by atoms with E-state index in [2.05, 4.69) is 54.1 Å². The monoisotopic (exact) mass is 364 g/mol. The van der Waals surface area contributed by atoms with E-state index in [0.717, 1.165) is 38.0 Å². The van der Waals surface area contributed by atoms with Crippen LogP contribution in [-0.2, 0) is 6.42 Å². The number of aromatic nitrogens is 1. The fraction of sp³-hybridized carbons (Fsp3) is 0.542. The van der Waals surface area contributed by atoms with Crippen molar-refractivity contribution in [2.45, 2.75) is 64.0 Å². The van der Waals surface area contributed by atoms with Crippen molar-refractivity contribution in [2.75, 3.05) is 13.1 Å². The summed E-state index contributed by atoms with van der Waals surface area (Å²) in [7, 11) is 0. The first-order valence-corrected chi connectivity index (χ1v) is 10.5. The highest BCUT2D eigenvalue weighted by Crippen LogP contribution is 2.36. The van der Waals surface area contributed by atoms with Crippen LogP contribution in [0.25, 0.3) is 0 Å². The van der Waals surface area contributed by atoms with E-state index < -0.39 is 6.10 Å². The highest BCUT2D eigenvalue weighted by Gasteiger charge is 2.32. The maximum atomic E-state index is 10.7. The highest BCUT2D eigenvalue weighted by molar-refractivity contribution is 5.29. The molecule has 0 bridgehead atoms. The number of nitrogens with zero attached hydrogens (tertiary/aromatic N) is 2. The maximum absolute atomic E-state index is 10.7. The third kappa shape index (κ3) is 3.95. The zero-order valence-corrected chi connectivity index (χ0v) is 16.6. The average molecular weight is 365 g/mol. The van der Waals surface area contributed by atoms with Gasteiger partial charge in [0.15, 0.2) is 0 Å². The Morgan fingerprint density at radius 1 is 1.07 bits per heavy atom. The van der Waals surface area contributed by atoms with Crippen LogP contribution < -0.4 is 0 Å². The summed E-state index contributed by atoms with van der Waals surface area (Å²) in [6.45, 7) is 6.94. The summed E-state index contributed by atoms with van der Waals surface area (Å²) in [6, 6.07) is 13.5. The van der Waals surface area contributed by atoms with Gasteiger partial charge in [0.05, 0.1) is 11.8 Å². The van der Waals surface area contributed by atoms with Crippen LogP contribution in [0.3, 0.4) is 0 Å². The van der Waals surface area contributed by atoms with Crippen molar-refractivity contribution in [3.05, 3.63) is 65.0 Å². The van der Waals surface area contributed by atoms with Crippen molar-refractivity contribution >= 4 is 0 Å². The SMILES string of the molecule is Cc1ccccc1C1CCN(C(C)C2CCc3cccnc3C(O)C2)CC1. The molecule has 0 spiro atoms. The summed E-state index contributed by atoms with van der Waals surface area (Å²) < 4.78 is 0. The van der Waals surface area contributed by atoms with Crippen molar-refractivity contribution < 1.29 is 5.11 Å². The Morgan fingerprint density at radius 2 is 1.85 bits per heavy atom. The molecule has 1 aliphatic carbocycles. The van der Waals surface area contributed by atoms with Gasteiger partial charge in [0.25, 0.3) is 0 Å². The molecule has 1 aromatic heterocycles. The fourth-order valence-corrected chi connectivity index (χ4v) is 5.22. The molecule has 144 valence electrons. The van der Waals surface area contributed by atoms with Crippen molar-refractivity contribution in [1.29, 1.82) is 0 Å². The van der Waals surface area contributed by atoms with Crippen LogP contribution in [0.2, 0.25) is 0 Å². The molecule has 2 aliphatic rings. The van der Waals surface area contributed by atoms with Crippen LogP contribution in [0.15, 0.2) is 42.6 Å². The first-order chi connectivity index (χ1) is 13.1. The number of likely N-dealkylation sites (tertiary alicyclic amines) is 1. The molecule has 1 aromatic carbocycles. The Hall–Kier alpha value is -1.71. The van der Waals surface area contributed by atoms with Crippen molar-refractivity contribution in [3.63, 3.8) is 0 Å². The van der Waals surface area contributed by atoms with Crippen molar-refractivity contribution in [3.8, 4) is 0 Å². The zero-order valence-electron chi connectivity index (χ0n) is 16.6. The topological polar surface area (TPSA) is 36.4 Å². The van der Waals surface area contributed by atoms with Gasteiger partial charge in [-0.2, -0.15) is 0 Å². The summed E-state index contributed by atoms with van der Waals surface area (Å²) in [5, 5.41) is 10.7. The lowest BCUT2D eigenvalue weighted by Crippen LogP contribution is -2.43. The van der Waals surface area contributed by atoms with Crippen LogP contribution in [0, 0.1) is 12.8 Å². The Kier molecular flexibility index (Phi) is 5.60. The van der Waals surface area contributed by atoms with E-state index in [0.29, 0.717) is 17.9 Å². The normalized spacial score (nSPS) is 25.6. The molecule has 0 radical (unpaired) electrons. The first kappa shape index (κ1) is 18.6. The smallest absolute Gasteiger partial charge is 0.0965 e. The summed E-state index contributed by atoms with van der Waals surface area (Å²) in [4.78, 5) is 7.12. The molecular weight excluding hydrogens is 332 g/mol. The van der Waals surface area contributed by atoms with Gasteiger partial charge in [-0.05, 0) is 93.6 Å². The molecule has 0 amide bonds. The number of benzene rings is 1. The van der Waals surface area contributed by atoms with Gasteiger partial charge in [-0.15, -0.1) is 0 Å². The second-order valence-electron chi connectivity index (χ2n) is 8.51. The summed E-state index contributed by atoms with van der Waals surface area (Å²) in [5.74, 6) is 1.23. The van der Waals surface area contributed by atoms with E-state index in [9.17, 15) is 5.11 Å². The maximum Gasteiger partial charge on any atom is 0.0965 e. The van der Waals surface area contributed by atoms with Gasteiger partial charge in [0, 0.05) is 12.2 Å². The fourth-order valence-electron chi connectivity index (χ4n) is 5.22. The molecule has 3 nitrogen and oxygen atoms in total. The third-order valence-electron chi connectivity index (χ3n) is 6.97. The standard InChI is InChI=1S/C24H32N2O/c1-17-6-3-4-8-22(17)19-11-14-26(15-12-19)18(2)21-10-9-20-7-5-13-25-24(20)23(27)16-21/h3-8,13,18-19,21,23,27H,9-12,14-16H2,1-2H3. The number of pyridine rings is 1. The van der Waals surface area contributed by atoms with Gasteiger partial charge < -0.3 is 10.0 Å². The van der Waals surface area contributed by atoms with Gasteiger partial charge >= 0.3 is 0 Å². The Bertz CT molecular complexity index is 766. The number of aliphatic hydroxyl groups is 1. The lowest BCUT2D eigenvalue weighted by Gasteiger charge is -2.40. The molecule has 0 saturated carbocycles. The van der Waals surface area contributed by atoms with Crippen LogP contribution in [-0.4, -0.2) is 34.1 Å². The molecule has 1 N–H and O–H groups in total. The molecular formula is C24H32N2O. The molecule has 3 atom stereocenters. The van der Waals surface area contributed by atoms with E-state index in [1.807, 2.05) is 12.3 Å². The van der Waals surface area contributed by atoms with Crippen LogP contribution >= 0.6 is 0 Å². The van der Waals surface area contributed by atoms with Gasteiger partial charge in [-0.1, -0.05) is 30.3 Å². The van der Waals surface area contributed by atoms with E-state index in [1.165, 1.54) is 29.5 Å². The molecule has 1 fully saturated rings. The minimum Gasteiger partial charge on any atom is -0.387 e. The quantitative estimate of drug-likeness (QED) is 0.806. The molecule has 3 heteroatoms. The Labute approximate surface area is 163 Å².